The van der Waals surface area contributed by atoms with Crippen molar-refractivity contribution in [2.45, 2.75) is 36.5 Å². The molecule has 1 aromatic carbocycles. The second kappa shape index (κ2) is 5.58. The van der Waals surface area contributed by atoms with E-state index in [9.17, 15) is 9.59 Å². The first-order chi connectivity index (χ1) is 9.66. The van der Waals surface area contributed by atoms with E-state index >= 15 is 0 Å². The molecule has 0 radical (unpaired) electrons. The molecule has 1 aliphatic heterocycles. The second-order valence-electron chi connectivity index (χ2n) is 5.36. The first kappa shape index (κ1) is 13.6. The highest BCUT2D eigenvalue weighted by Gasteiger charge is 2.39. The number of carboxylic acids is 1. The number of carboxylic acid groups (broad SMARTS) is 1. The second-order valence-corrected chi connectivity index (χ2v) is 6.49. The topological polar surface area (TPSA) is 66.4 Å². The van der Waals surface area contributed by atoms with Crippen LogP contribution in [-0.2, 0) is 16.0 Å². The molecule has 1 saturated heterocycles. The number of aliphatic carboxylic acids is 1. The summed E-state index contributed by atoms with van der Waals surface area (Å²) in [6.45, 7) is 0. The predicted octanol–water partition coefficient (Wildman–Crippen LogP) is 1.79. The highest BCUT2D eigenvalue weighted by Crippen LogP contribution is 2.37. The molecule has 1 fully saturated rings. The van der Waals surface area contributed by atoms with Crippen molar-refractivity contribution in [2.24, 2.45) is 0 Å². The molecule has 0 aromatic heterocycles. The van der Waals surface area contributed by atoms with Gasteiger partial charge in [-0.3, -0.25) is 14.9 Å². The molecule has 2 N–H and O–H groups in total. The van der Waals surface area contributed by atoms with Crippen LogP contribution in [0.5, 0.6) is 0 Å². The van der Waals surface area contributed by atoms with Crippen molar-refractivity contribution >= 4 is 23.5 Å². The van der Waals surface area contributed by atoms with E-state index in [-0.39, 0.29) is 11.7 Å². The van der Waals surface area contributed by atoms with Crippen molar-refractivity contribution in [1.82, 2.24) is 5.32 Å². The van der Waals surface area contributed by atoms with Gasteiger partial charge in [0.2, 0.25) is 0 Å². The third kappa shape index (κ3) is 2.47. The molecule has 0 amide bonds. The molecule has 3 rings (SSSR count). The molecule has 3 atom stereocenters. The fourth-order valence-corrected chi connectivity index (χ4v) is 4.29. The molecule has 5 heteroatoms. The van der Waals surface area contributed by atoms with Gasteiger partial charge in [0.25, 0.3) is 0 Å². The Morgan fingerprint density at radius 2 is 2.15 bits per heavy atom. The third-order valence-corrected chi connectivity index (χ3v) is 5.38. The van der Waals surface area contributed by atoms with Gasteiger partial charge in [-0.05, 0) is 29.9 Å². The lowest BCUT2D eigenvalue weighted by atomic mass is 9.93. The Hall–Kier alpha value is -1.33. The fourth-order valence-electron chi connectivity index (χ4n) is 3.14. The number of ketones is 1. The number of aryl methyl sites for hydroxylation is 1. The molecular formula is C15H17NO3S. The average molecular weight is 291 g/mol. The van der Waals surface area contributed by atoms with Crippen LogP contribution < -0.4 is 5.32 Å². The standard InChI is InChI=1S/C15H17NO3S/c17-12(14-13(15(18)19)16-8-20-14)7-10-6-5-9-3-1-2-4-11(9)10/h1-4,10,13-14,16H,5-8H2,(H,18,19). The van der Waals surface area contributed by atoms with Gasteiger partial charge in [-0.1, -0.05) is 24.3 Å². The summed E-state index contributed by atoms with van der Waals surface area (Å²) in [7, 11) is 0. The Labute approximate surface area is 121 Å². The molecule has 2 aliphatic rings. The van der Waals surface area contributed by atoms with Crippen LogP contribution in [0.3, 0.4) is 0 Å². The zero-order valence-electron chi connectivity index (χ0n) is 11.0. The summed E-state index contributed by atoms with van der Waals surface area (Å²) in [6.07, 6.45) is 2.47. The van der Waals surface area contributed by atoms with E-state index in [2.05, 4.69) is 17.4 Å². The van der Waals surface area contributed by atoms with Crippen LogP contribution in [0.2, 0.25) is 0 Å². The Morgan fingerprint density at radius 1 is 1.35 bits per heavy atom. The van der Waals surface area contributed by atoms with Crippen molar-refractivity contribution in [3.63, 3.8) is 0 Å². The van der Waals surface area contributed by atoms with E-state index in [0.29, 0.717) is 12.3 Å². The fraction of sp³-hybridized carbons (Fsp3) is 0.467. The van der Waals surface area contributed by atoms with E-state index in [1.54, 1.807) is 0 Å². The van der Waals surface area contributed by atoms with E-state index in [4.69, 9.17) is 5.11 Å². The van der Waals surface area contributed by atoms with Gasteiger partial charge in [-0.2, -0.15) is 0 Å². The minimum Gasteiger partial charge on any atom is -0.480 e. The Morgan fingerprint density at radius 3 is 2.95 bits per heavy atom. The summed E-state index contributed by atoms with van der Waals surface area (Å²) >= 11 is 1.41. The highest BCUT2D eigenvalue weighted by molar-refractivity contribution is 8.00. The van der Waals surface area contributed by atoms with Crippen LogP contribution in [-0.4, -0.2) is 34.0 Å². The molecule has 1 heterocycles. The molecule has 106 valence electrons. The maximum atomic E-state index is 12.4. The van der Waals surface area contributed by atoms with Gasteiger partial charge >= 0.3 is 5.97 Å². The van der Waals surface area contributed by atoms with E-state index in [1.807, 2.05) is 12.1 Å². The first-order valence-electron chi connectivity index (χ1n) is 6.85. The van der Waals surface area contributed by atoms with Crippen LogP contribution in [0.25, 0.3) is 0 Å². The van der Waals surface area contributed by atoms with Crippen LogP contribution >= 0.6 is 11.8 Å². The molecule has 3 unspecified atom stereocenters. The molecule has 1 aromatic rings. The molecule has 4 nitrogen and oxygen atoms in total. The van der Waals surface area contributed by atoms with Crippen molar-refractivity contribution in [3.05, 3.63) is 35.4 Å². The van der Waals surface area contributed by atoms with Crippen LogP contribution in [0.15, 0.2) is 24.3 Å². The molecular weight excluding hydrogens is 274 g/mol. The van der Waals surface area contributed by atoms with Crippen molar-refractivity contribution in [1.29, 1.82) is 0 Å². The normalized spacial score (nSPS) is 28.3. The predicted molar refractivity (Wildman–Crippen MR) is 77.9 cm³/mol. The summed E-state index contributed by atoms with van der Waals surface area (Å²) in [5, 5.41) is 11.6. The van der Waals surface area contributed by atoms with Gasteiger partial charge in [0.15, 0.2) is 0 Å². The summed E-state index contributed by atoms with van der Waals surface area (Å²) in [4.78, 5) is 23.5. The summed E-state index contributed by atoms with van der Waals surface area (Å²) in [5.41, 5.74) is 2.60. The zero-order valence-corrected chi connectivity index (χ0v) is 11.9. The lowest BCUT2D eigenvalue weighted by Gasteiger charge is -2.16. The SMILES string of the molecule is O=C(O)C1NCSC1C(=O)CC1CCc2ccccc21. The zero-order chi connectivity index (χ0) is 14.1. The maximum absolute atomic E-state index is 12.4. The highest BCUT2D eigenvalue weighted by atomic mass is 32.2. The van der Waals surface area contributed by atoms with Gasteiger partial charge in [0, 0.05) is 12.3 Å². The number of nitrogens with one attached hydrogen (secondary N) is 1. The lowest BCUT2D eigenvalue weighted by molar-refractivity contribution is -0.140. The lowest BCUT2D eigenvalue weighted by Crippen LogP contribution is -2.41. The Balaban J connectivity index is 1.70. The van der Waals surface area contributed by atoms with Gasteiger partial charge in [-0.15, -0.1) is 11.8 Å². The molecule has 0 saturated carbocycles. The summed E-state index contributed by atoms with van der Waals surface area (Å²) in [6, 6.07) is 7.51. The first-order valence-corrected chi connectivity index (χ1v) is 7.90. The van der Waals surface area contributed by atoms with E-state index < -0.39 is 17.3 Å². The number of carbonyl (C=O) groups excluding carboxylic acids is 1. The number of carbonyl (C=O) groups is 2. The minimum atomic E-state index is -0.930. The average Bonchev–Trinajstić information content (AvgIpc) is 3.06. The van der Waals surface area contributed by atoms with Gasteiger partial charge in [0.1, 0.15) is 11.8 Å². The minimum absolute atomic E-state index is 0.0640. The van der Waals surface area contributed by atoms with Gasteiger partial charge in [-0.25, -0.2) is 0 Å². The van der Waals surface area contributed by atoms with E-state index in [1.165, 1.54) is 22.9 Å². The monoisotopic (exact) mass is 291 g/mol. The number of hydrogen-bond acceptors (Lipinski definition) is 4. The van der Waals surface area contributed by atoms with Crippen LogP contribution in [0.4, 0.5) is 0 Å². The van der Waals surface area contributed by atoms with Crippen molar-refractivity contribution < 1.29 is 14.7 Å². The van der Waals surface area contributed by atoms with Gasteiger partial charge < -0.3 is 5.11 Å². The van der Waals surface area contributed by atoms with Crippen molar-refractivity contribution in [2.75, 3.05) is 5.88 Å². The number of benzene rings is 1. The van der Waals surface area contributed by atoms with Crippen molar-refractivity contribution in [3.8, 4) is 0 Å². The Bertz CT molecular complexity index is 546. The number of Topliss-reactive ketones (excluding diaryl/α,β-unsaturated/α-hetero) is 1. The maximum Gasteiger partial charge on any atom is 0.322 e. The largest absolute Gasteiger partial charge is 0.480 e. The van der Waals surface area contributed by atoms with Crippen LogP contribution in [0, 0.1) is 0 Å². The van der Waals surface area contributed by atoms with Crippen LogP contribution in [0.1, 0.15) is 29.9 Å². The number of rotatable bonds is 4. The molecule has 20 heavy (non-hydrogen) atoms. The smallest absolute Gasteiger partial charge is 0.322 e. The number of fused-ring (bicyclic) bond motifs is 1. The number of hydrogen-bond donors (Lipinski definition) is 2. The summed E-state index contributed by atoms with van der Waals surface area (Å²) in [5.74, 6) is -0.0714. The summed E-state index contributed by atoms with van der Waals surface area (Å²) < 4.78 is 0. The molecule has 1 aliphatic carbocycles. The van der Waals surface area contributed by atoms with E-state index in [0.717, 1.165) is 12.8 Å². The molecule has 0 bridgehead atoms. The quantitative estimate of drug-likeness (QED) is 0.885. The number of thioether (sulfide) groups is 1. The Kier molecular flexibility index (Phi) is 3.81. The third-order valence-electron chi connectivity index (χ3n) is 4.16. The van der Waals surface area contributed by atoms with Gasteiger partial charge in [0.05, 0.1) is 5.25 Å². The molecule has 0 spiro atoms.